The lowest BCUT2D eigenvalue weighted by Gasteiger charge is -2.31. The summed E-state index contributed by atoms with van der Waals surface area (Å²) < 4.78 is 2.65. The molecule has 14 heavy (non-hydrogen) atoms. The third kappa shape index (κ3) is 3.71. The van der Waals surface area contributed by atoms with Crippen LogP contribution in [0.4, 0.5) is 0 Å². The van der Waals surface area contributed by atoms with E-state index in [9.17, 15) is 0 Å². The topological polar surface area (TPSA) is 15.3 Å². The zero-order valence-electron chi connectivity index (χ0n) is 10.2. The molecular weight excluding hydrogens is 188 g/mol. The van der Waals surface area contributed by atoms with Crippen LogP contribution in [0.1, 0.15) is 53.4 Å². The fraction of sp³-hybridized carbons (Fsp3) is 1.00. The second-order valence-corrected chi connectivity index (χ2v) is 6.50. The molecule has 0 spiro atoms. The predicted molar refractivity (Wildman–Crippen MR) is 66.0 cm³/mol. The van der Waals surface area contributed by atoms with Crippen molar-refractivity contribution in [1.82, 2.24) is 9.55 Å². The Morgan fingerprint density at radius 3 is 2.00 bits per heavy atom. The van der Waals surface area contributed by atoms with Crippen LogP contribution in [0, 0.1) is 0 Å². The van der Waals surface area contributed by atoms with Crippen molar-refractivity contribution >= 4 is 9.84 Å². The van der Waals surface area contributed by atoms with Crippen molar-refractivity contribution in [3.63, 3.8) is 0 Å². The Morgan fingerprint density at radius 2 is 1.57 bits per heavy atom. The highest BCUT2D eigenvalue weighted by molar-refractivity contribution is 6.28. The van der Waals surface area contributed by atoms with Crippen molar-refractivity contribution in [2.24, 2.45) is 0 Å². The molecule has 0 amide bonds. The third-order valence-corrected chi connectivity index (χ3v) is 5.83. The van der Waals surface area contributed by atoms with Crippen molar-refractivity contribution in [3.8, 4) is 0 Å². The van der Waals surface area contributed by atoms with E-state index in [0.717, 1.165) is 6.04 Å². The minimum atomic E-state index is -0.216. The van der Waals surface area contributed by atoms with E-state index in [4.69, 9.17) is 0 Å². The van der Waals surface area contributed by atoms with E-state index in [1.165, 1.54) is 25.7 Å². The van der Waals surface area contributed by atoms with Crippen LogP contribution in [0.15, 0.2) is 0 Å². The Balaban J connectivity index is 2.25. The molecule has 0 bridgehead atoms. The second kappa shape index (κ2) is 5.88. The lowest BCUT2D eigenvalue weighted by atomic mass is 10.3. The van der Waals surface area contributed by atoms with Gasteiger partial charge < -0.3 is 9.55 Å². The van der Waals surface area contributed by atoms with E-state index >= 15 is 0 Å². The first-order valence-corrected chi connectivity index (χ1v) is 7.44. The van der Waals surface area contributed by atoms with Crippen LogP contribution in [0.3, 0.4) is 0 Å². The molecular formula is C11H26N2Si. The monoisotopic (exact) mass is 214 g/mol. The molecule has 0 heterocycles. The van der Waals surface area contributed by atoms with Crippen molar-refractivity contribution in [2.45, 2.75) is 71.5 Å². The summed E-state index contributed by atoms with van der Waals surface area (Å²) in [5.74, 6) is 0. The summed E-state index contributed by atoms with van der Waals surface area (Å²) in [5, 5.41) is 0. The number of hydrogen-bond donors (Lipinski definition) is 1. The average Bonchev–Trinajstić information content (AvgIpc) is 2.55. The molecule has 1 saturated carbocycles. The molecule has 3 heteroatoms. The van der Waals surface area contributed by atoms with Crippen molar-refractivity contribution in [3.05, 3.63) is 0 Å². The number of nitrogens with zero attached hydrogens (tertiary/aromatic N) is 1. The normalized spacial score (nSPS) is 19.9. The Bertz CT molecular complexity index is 145. The molecule has 1 aliphatic carbocycles. The van der Waals surface area contributed by atoms with E-state index in [-0.39, 0.29) is 9.84 Å². The quantitative estimate of drug-likeness (QED) is 0.700. The van der Waals surface area contributed by atoms with Gasteiger partial charge in [0, 0.05) is 6.04 Å². The predicted octanol–water partition coefficient (Wildman–Crippen LogP) is 1.64. The minimum Gasteiger partial charge on any atom is -0.327 e. The van der Waals surface area contributed by atoms with E-state index in [1.807, 2.05) is 0 Å². The van der Waals surface area contributed by atoms with Gasteiger partial charge in [0.15, 0.2) is 9.84 Å². The highest BCUT2D eigenvalue weighted by atomic mass is 28.2. The molecule has 1 aliphatic rings. The van der Waals surface area contributed by atoms with Gasteiger partial charge in [-0.3, -0.25) is 0 Å². The summed E-state index contributed by atoms with van der Waals surface area (Å²) in [6.45, 7) is 9.24. The second-order valence-electron chi connectivity index (χ2n) is 5.05. The first-order valence-electron chi connectivity index (χ1n) is 6.10. The van der Waals surface area contributed by atoms with E-state index in [0.29, 0.717) is 12.1 Å². The first kappa shape index (κ1) is 12.2. The van der Waals surface area contributed by atoms with Gasteiger partial charge in [-0.1, -0.05) is 40.5 Å². The Hall–Kier alpha value is 0.137. The molecule has 0 aromatic heterocycles. The highest BCUT2D eigenvalue weighted by Gasteiger charge is 2.18. The van der Waals surface area contributed by atoms with Gasteiger partial charge in [-0.25, -0.2) is 0 Å². The van der Waals surface area contributed by atoms with E-state index < -0.39 is 0 Å². The van der Waals surface area contributed by atoms with Gasteiger partial charge in [-0.05, 0) is 24.9 Å². The molecule has 1 N–H and O–H groups in total. The summed E-state index contributed by atoms with van der Waals surface area (Å²) in [4.78, 5) is 3.81. The number of rotatable bonds is 5. The molecule has 0 atom stereocenters. The third-order valence-electron chi connectivity index (χ3n) is 3.24. The molecule has 0 aliphatic heterocycles. The van der Waals surface area contributed by atoms with Gasteiger partial charge in [0.2, 0.25) is 0 Å². The lowest BCUT2D eigenvalue weighted by molar-refractivity contribution is 0.305. The van der Waals surface area contributed by atoms with Crippen LogP contribution in [0.25, 0.3) is 0 Å². The molecule has 84 valence electrons. The summed E-state index contributed by atoms with van der Waals surface area (Å²) in [6.07, 6.45) is 5.71. The fourth-order valence-electron chi connectivity index (χ4n) is 2.33. The summed E-state index contributed by atoms with van der Waals surface area (Å²) in [6, 6.07) is 2.26. The molecule has 0 radical (unpaired) electrons. The Kier molecular flexibility index (Phi) is 5.13. The van der Waals surface area contributed by atoms with Crippen LogP contribution in [-0.2, 0) is 0 Å². The van der Waals surface area contributed by atoms with Crippen LogP contribution in [0.5, 0.6) is 0 Å². The lowest BCUT2D eigenvalue weighted by Crippen LogP contribution is -2.48. The molecule has 0 saturated heterocycles. The van der Waals surface area contributed by atoms with Gasteiger partial charge in [-0.15, -0.1) is 0 Å². The smallest absolute Gasteiger partial charge is 0.170 e. The van der Waals surface area contributed by atoms with Gasteiger partial charge in [-0.2, -0.15) is 0 Å². The highest BCUT2D eigenvalue weighted by Crippen LogP contribution is 2.17. The van der Waals surface area contributed by atoms with Crippen LogP contribution >= 0.6 is 0 Å². The zero-order valence-corrected chi connectivity index (χ0v) is 11.6. The first-order chi connectivity index (χ1) is 6.61. The van der Waals surface area contributed by atoms with E-state index in [1.54, 1.807) is 0 Å². The summed E-state index contributed by atoms with van der Waals surface area (Å²) in [5.41, 5.74) is 0. The Labute approximate surface area is 91.4 Å². The molecule has 2 nitrogen and oxygen atoms in total. The summed E-state index contributed by atoms with van der Waals surface area (Å²) >= 11 is 0. The maximum Gasteiger partial charge on any atom is 0.170 e. The molecule has 0 aromatic rings. The molecule has 0 aromatic carbocycles. The van der Waals surface area contributed by atoms with Crippen molar-refractivity contribution < 1.29 is 0 Å². The molecule has 0 unspecified atom stereocenters. The van der Waals surface area contributed by atoms with Gasteiger partial charge in [0.1, 0.15) is 0 Å². The van der Waals surface area contributed by atoms with Crippen LogP contribution < -0.4 is 4.98 Å². The number of hydrogen-bond acceptors (Lipinski definition) is 2. The van der Waals surface area contributed by atoms with Gasteiger partial charge >= 0.3 is 0 Å². The SMILES string of the molecule is CC(C)N([SiH2]NC1CCCC1)C(C)C. The standard InChI is InChI=1S/C11H26N2Si/c1-9(2)13(10(3)4)14-12-11-7-5-6-8-11/h9-12H,5-8,14H2,1-4H3. The number of nitrogens with one attached hydrogen (secondary N) is 1. The van der Waals surface area contributed by atoms with Crippen molar-refractivity contribution in [1.29, 1.82) is 0 Å². The fourth-order valence-corrected chi connectivity index (χ4v) is 3.93. The van der Waals surface area contributed by atoms with Crippen LogP contribution in [-0.4, -0.2) is 32.5 Å². The molecule has 1 fully saturated rings. The van der Waals surface area contributed by atoms with Gasteiger partial charge in [0.05, 0.1) is 0 Å². The summed E-state index contributed by atoms with van der Waals surface area (Å²) in [7, 11) is -0.216. The van der Waals surface area contributed by atoms with E-state index in [2.05, 4.69) is 37.2 Å². The maximum atomic E-state index is 3.81. The maximum absolute atomic E-state index is 3.81. The average molecular weight is 214 g/mol. The van der Waals surface area contributed by atoms with Crippen LogP contribution in [0.2, 0.25) is 0 Å². The Morgan fingerprint density at radius 1 is 1.07 bits per heavy atom. The minimum absolute atomic E-state index is 0.216. The zero-order chi connectivity index (χ0) is 10.6. The largest absolute Gasteiger partial charge is 0.327 e. The van der Waals surface area contributed by atoms with Gasteiger partial charge in [0.25, 0.3) is 0 Å². The molecule has 1 rings (SSSR count). The van der Waals surface area contributed by atoms with Crippen molar-refractivity contribution in [2.75, 3.05) is 0 Å².